The molecule has 2 amide bonds. The van der Waals surface area contributed by atoms with E-state index in [0.717, 1.165) is 28.8 Å². The number of anilines is 1. The zero-order valence-electron chi connectivity index (χ0n) is 22.8. The molecule has 13 heteroatoms. The van der Waals surface area contributed by atoms with E-state index >= 15 is 0 Å². The highest BCUT2D eigenvalue weighted by molar-refractivity contribution is 7.92. The summed E-state index contributed by atoms with van der Waals surface area (Å²) in [5.74, 6) is -0.772. The van der Waals surface area contributed by atoms with Gasteiger partial charge in [0.1, 0.15) is 6.04 Å². The van der Waals surface area contributed by atoms with Gasteiger partial charge < -0.3 is 10.2 Å². The Hall–Kier alpha value is -2.50. The minimum Gasteiger partial charge on any atom is -0.352 e. The average Bonchev–Trinajstić information content (AvgIpc) is 2.86. The molecule has 2 aromatic carbocycles. The number of carbonyl (C=O) groups is 2. The van der Waals surface area contributed by atoms with Crippen molar-refractivity contribution in [2.75, 3.05) is 17.1 Å². The SMILES string of the molecule is CC[C@@H](C)NC(=O)[C@H](CC)N(Cc1ccc(Cl)cc1Cl)C(=O)CCCN(c1cccc(C(F)(F)F)c1)S(C)(=O)=O. The molecule has 222 valence electrons. The lowest BCUT2D eigenvalue weighted by Gasteiger charge is -2.32. The number of sulfonamides is 1. The summed E-state index contributed by atoms with van der Waals surface area (Å²) < 4.78 is 65.4. The van der Waals surface area contributed by atoms with Crippen LogP contribution in [0.25, 0.3) is 0 Å². The lowest BCUT2D eigenvalue weighted by molar-refractivity contribution is -0.141. The zero-order chi connectivity index (χ0) is 30.3. The van der Waals surface area contributed by atoms with Gasteiger partial charge in [-0.15, -0.1) is 0 Å². The summed E-state index contributed by atoms with van der Waals surface area (Å²) in [6.07, 6.45) is -2.94. The fourth-order valence-corrected chi connectivity index (χ4v) is 5.46. The highest BCUT2D eigenvalue weighted by Gasteiger charge is 2.32. The van der Waals surface area contributed by atoms with Gasteiger partial charge in [-0.3, -0.25) is 13.9 Å². The normalized spacial score (nSPS) is 13.4. The van der Waals surface area contributed by atoms with Crippen molar-refractivity contribution in [1.82, 2.24) is 10.2 Å². The summed E-state index contributed by atoms with van der Waals surface area (Å²) >= 11 is 12.3. The van der Waals surface area contributed by atoms with Gasteiger partial charge in [-0.2, -0.15) is 13.2 Å². The van der Waals surface area contributed by atoms with Crippen LogP contribution in [0.5, 0.6) is 0 Å². The van der Waals surface area contributed by atoms with Gasteiger partial charge in [0, 0.05) is 35.6 Å². The van der Waals surface area contributed by atoms with E-state index in [4.69, 9.17) is 23.2 Å². The van der Waals surface area contributed by atoms with Gasteiger partial charge in [0.2, 0.25) is 21.8 Å². The summed E-state index contributed by atoms with van der Waals surface area (Å²) in [5.41, 5.74) is -0.580. The first-order valence-electron chi connectivity index (χ1n) is 12.8. The third-order valence-corrected chi connectivity index (χ3v) is 8.14. The van der Waals surface area contributed by atoms with Crippen molar-refractivity contribution >= 4 is 50.7 Å². The number of hydrogen-bond donors (Lipinski definition) is 1. The Morgan fingerprint density at radius 3 is 2.27 bits per heavy atom. The van der Waals surface area contributed by atoms with Gasteiger partial charge in [0.15, 0.2) is 0 Å². The fraction of sp³-hybridized carbons (Fsp3) is 0.481. The molecular formula is C27H34Cl2F3N3O4S. The Morgan fingerprint density at radius 1 is 1.05 bits per heavy atom. The van der Waals surface area contributed by atoms with E-state index in [2.05, 4.69) is 5.32 Å². The molecule has 0 bridgehead atoms. The van der Waals surface area contributed by atoms with Crippen LogP contribution in [0.15, 0.2) is 42.5 Å². The first kappa shape index (κ1) is 33.7. The van der Waals surface area contributed by atoms with E-state index in [9.17, 15) is 31.2 Å². The maximum atomic E-state index is 13.5. The molecule has 2 atom stereocenters. The lowest BCUT2D eigenvalue weighted by Crippen LogP contribution is -2.50. The highest BCUT2D eigenvalue weighted by atomic mass is 35.5. The van der Waals surface area contributed by atoms with E-state index in [0.29, 0.717) is 28.5 Å². The fourth-order valence-electron chi connectivity index (χ4n) is 4.04. The Balaban J connectivity index is 2.30. The maximum absolute atomic E-state index is 13.5. The van der Waals surface area contributed by atoms with Crippen LogP contribution in [0.1, 0.15) is 57.6 Å². The zero-order valence-corrected chi connectivity index (χ0v) is 25.1. The van der Waals surface area contributed by atoms with Crippen molar-refractivity contribution < 1.29 is 31.2 Å². The quantitative estimate of drug-likeness (QED) is 0.284. The van der Waals surface area contributed by atoms with Crippen molar-refractivity contribution in [1.29, 1.82) is 0 Å². The largest absolute Gasteiger partial charge is 0.416 e. The number of alkyl halides is 3. The molecule has 0 saturated carbocycles. The summed E-state index contributed by atoms with van der Waals surface area (Å²) in [5, 5.41) is 3.61. The number of halogens is 5. The molecule has 40 heavy (non-hydrogen) atoms. The molecule has 0 saturated heterocycles. The van der Waals surface area contributed by atoms with E-state index in [1.165, 1.54) is 17.0 Å². The summed E-state index contributed by atoms with van der Waals surface area (Å²) in [6, 6.07) is 7.84. The topological polar surface area (TPSA) is 86.8 Å². The standard InChI is InChI=1S/C27H34Cl2F3N3O4S/c1-5-18(3)33-26(37)24(6-2)34(17-19-12-13-21(28)16-23(19)29)25(36)11-8-14-35(40(4,38)39)22-10-7-9-20(15-22)27(30,31)32/h7,9-10,12-13,15-16,18,24H,5-6,8,11,14,17H2,1-4H3,(H,33,37)/t18-,24+/m1/s1. The molecule has 0 radical (unpaired) electrons. The molecule has 1 N–H and O–H groups in total. The Labute approximate surface area is 243 Å². The van der Waals surface area contributed by atoms with Crippen LogP contribution in [0.3, 0.4) is 0 Å². The second-order valence-electron chi connectivity index (χ2n) is 9.49. The number of benzene rings is 2. The van der Waals surface area contributed by atoms with Gasteiger partial charge in [0.05, 0.1) is 17.5 Å². The van der Waals surface area contributed by atoms with E-state index in [1.807, 2.05) is 13.8 Å². The first-order valence-corrected chi connectivity index (χ1v) is 15.4. The van der Waals surface area contributed by atoms with Gasteiger partial charge in [-0.25, -0.2) is 8.42 Å². The number of nitrogens with one attached hydrogen (secondary N) is 1. The number of nitrogens with zero attached hydrogens (tertiary/aromatic N) is 2. The number of amides is 2. The molecule has 0 unspecified atom stereocenters. The monoisotopic (exact) mass is 623 g/mol. The Kier molecular flexibility index (Phi) is 12.1. The predicted molar refractivity (Wildman–Crippen MR) is 152 cm³/mol. The molecule has 0 spiro atoms. The summed E-state index contributed by atoms with van der Waals surface area (Å²) in [6.45, 7) is 5.30. The Morgan fingerprint density at radius 2 is 1.73 bits per heavy atom. The molecule has 0 aromatic heterocycles. The summed E-state index contributed by atoms with van der Waals surface area (Å²) in [7, 11) is -3.96. The van der Waals surface area contributed by atoms with Crippen molar-refractivity contribution in [3.8, 4) is 0 Å². The summed E-state index contributed by atoms with van der Waals surface area (Å²) in [4.78, 5) is 28.0. The average molecular weight is 625 g/mol. The molecule has 2 aromatic rings. The lowest BCUT2D eigenvalue weighted by atomic mass is 10.1. The van der Waals surface area contributed by atoms with Crippen LogP contribution in [0, 0.1) is 0 Å². The van der Waals surface area contributed by atoms with Crippen LogP contribution in [0.2, 0.25) is 10.0 Å². The minimum absolute atomic E-state index is 0.00356. The Bertz CT molecular complexity index is 1290. The molecular weight excluding hydrogens is 590 g/mol. The molecule has 0 aliphatic heterocycles. The highest BCUT2D eigenvalue weighted by Crippen LogP contribution is 2.32. The number of hydrogen-bond acceptors (Lipinski definition) is 4. The van der Waals surface area contributed by atoms with Crippen LogP contribution in [-0.2, 0) is 32.3 Å². The molecule has 0 heterocycles. The third kappa shape index (κ3) is 9.55. The third-order valence-electron chi connectivity index (χ3n) is 6.36. The second-order valence-corrected chi connectivity index (χ2v) is 12.2. The smallest absolute Gasteiger partial charge is 0.352 e. The van der Waals surface area contributed by atoms with Gasteiger partial charge in [0.25, 0.3) is 0 Å². The van der Waals surface area contributed by atoms with Crippen molar-refractivity contribution in [3.63, 3.8) is 0 Å². The van der Waals surface area contributed by atoms with Crippen LogP contribution >= 0.6 is 23.2 Å². The number of carbonyl (C=O) groups excluding carboxylic acids is 2. The van der Waals surface area contributed by atoms with Gasteiger partial charge in [-0.1, -0.05) is 49.2 Å². The molecule has 0 aliphatic carbocycles. The van der Waals surface area contributed by atoms with E-state index < -0.39 is 33.7 Å². The maximum Gasteiger partial charge on any atom is 0.416 e. The van der Waals surface area contributed by atoms with Crippen LogP contribution < -0.4 is 9.62 Å². The second kappa shape index (κ2) is 14.4. The van der Waals surface area contributed by atoms with Crippen molar-refractivity contribution in [2.24, 2.45) is 0 Å². The molecule has 2 rings (SSSR count). The first-order chi connectivity index (χ1) is 18.6. The molecule has 0 fully saturated rings. The van der Waals surface area contributed by atoms with Crippen LogP contribution in [-0.4, -0.2) is 50.0 Å². The van der Waals surface area contributed by atoms with Gasteiger partial charge >= 0.3 is 6.18 Å². The van der Waals surface area contributed by atoms with Gasteiger partial charge in [-0.05, 0) is 62.1 Å². The van der Waals surface area contributed by atoms with Crippen molar-refractivity contribution in [3.05, 3.63) is 63.6 Å². The van der Waals surface area contributed by atoms with E-state index in [-0.39, 0.29) is 43.6 Å². The molecule has 7 nitrogen and oxygen atoms in total. The van der Waals surface area contributed by atoms with Crippen LogP contribution in [0.4, 0.5) is 18.9 Å². The van der Waals surface area contributed by atoms with E-state index in [1.54, 1.807) is 19.1 Å². The predicted octanol–water partition coefficient (Wildman–Crippen LogP) is 6.28. The molecule has 0 aliphatic rings. The number of rotatable bonds is 13. The minimum atomic E-state index is -4.65. The van der Waals surface area contributed by atoms with Crippen molar-refractivity contribution in [2.45, 2.75) is 71.3 Å².